The van der Waals surface area contributed by atoms with E-state index < -0.39 is 15.9 Å². The molecule has 0 atom stereocenters. The second-order valence-corrected chi connectivity index (χ2v) is 8.95. The van der Waals surface area contributed by atoms with Crippen molar-refractivity contribution in [2.75, 3.05) is 45.8 Å². The van der Waals surface area contributed by atoms with Crippen LogP contribution in [-0.4, -0.2) is 64.3 Å². The largest absolute Gasteiger partial charge is 0.506 e. The Bertz CT molecular complexity index is 1110. The fourth-order valence-corrected chi connectivity index (χ4v) is 4.82. The molecule has 1 aliphatic heterocycles. The van der Waals surface area contributed by atoms with Crippen LogP contribution in [0.1, 0.15) is 15.9 Å². The normalized spacial score (nSPS) is 14.6. The maximum absolute atomic E-state index is 12.9. The average Bonchev–Trinajstić information content (AvgIpc) is 2.80. The molecule has 0 saturated carbocycles. The Kier molecular flexibility index (Phi) is 7.39. The molecule has 0 aliphatic carbocycles. The van der Waals surface area contributed by atoms with E-state index >= 15 is 0 Å². The summed E-state index contributed by atoms with van der Waals surface area (Å²) in [6, 6.07) is 6.91. The van der Waals surface area contributed by atoms with Crippen molar-refractivity contribution in [2.45, 2.75) is 11.3 Å². The first kappa shape index (κ1) is 23.6. The van der Waals surface area contributed by atoms with Gasteiger partial charge in [0, 0.05) is 24.2 Å². The van der Waals surface area contributed by atoms with E-state index in [9.17, 15) is 18.3 Å². The SMILES string of the molecule is C=CCc1cc(C(=O)Nc2cc(S(=O)(=O)N3CCOCC3)ccc2O)cc(OC)c1OC. The summed E-state index contributed by atoms with van der Waals surface area (Å²) < 4.78 is 43.1. The van der Waals surface area contributed by atoms with Gasteiger partial charge in [0.05, 0.1) is 38.0 Å². The first-order valence-electron chi connectivity index (χ1n) is 9.90. The lowest BCUT2D eigenvalue weighted by Gasteiger charge is -2.26. The third-order valence-corrected chi connectivity index (χ3v) is 6.90. The van der Waals surface area contributed by atoms with Crippen LogP contribution >= 0.6 is 0 Å². The van der Waals surface area contributed by atoms with E-state index in [1.165, 1.54) is 42.8 Å². The van der Waals surface area contributed by atoms with Crippen molar-refractivity contribution >= 4 is 21.6 Å². The molecule has 1 amide bonds. The lowest BCUT2D eigenvalue weighted by Crippen LogP contribution is -2.40. The van der Waals surface area contributed by atoms with Crippen molar-refractivity contribution in [3.05, 3.63) is 54.1 Å². The van der Waals surface area contributed by atoms with Crippen molar-refractivity contribution < 1.29 is 32.5 Å². The topological polar surface area (TPSA) is 114 Å². The van der Waals surface area contributed by atoms with Crippen molar-refractivity contribution in [1.29, 1.82) is 0 Å². The number of nitrogens with zero attached hydrogens (tertiary/aromatic N) is 1. The number of phenols is 1. The molecule has 0 bridgehead atoms. The number of anilines is 1. The number of phenolic OH excluding ortho intramolecular Hbond substituents is 1. The molecule has 1 fully saturated rings. The molecule has 1 heterocycles. The number of sulfonamides is 1. The number of methoxy groups -OCH3 is 2. The highest BCUT2D eigenvalue weighted by Gasteiger charge is 2.27. The number of carbonyl (C=O) groups is 1. The van der Waals surface area contributed by atoms with Gasteiger partial charge in [-0.05, 0) is 36.8 Å². The van der Waals surface area contributed by atoms with Gasteiger partial charge in [0.1, 0.15) is 5.75 Å². The molecule has 2 aromatic carbocycles. The highest BCUT2D eigenvalue weighted by atomic mass is 32.2. The maximum atomic E-state index is 12.9. The van der Waals surface area contributed by atoms with E-state index in [2.05, 4.69) is 11.9 Å². The van der Waals surface area contributed by atoms with Gasteiger partial charge < -0.3 is 24.6 Å². The standard InChI is InChI=1S/C22H26N2O7S/c1-4-5-15-12-16(13-20(29-2)21(15)30-3)22(26)23-18-14-17(6-7-19(18)25)32(27,28)24-8-10-31-11-9-24/h4,6-7,12-14,25H,1,5,8-11H2,2-3H3,(H,23,26). The predicted octanol–water partition coefficient (Wildman–Crippen LogP) is 2.41. The quantitative estimate of drug-likeness (QED) is 0.457. The minimum Gasteiger partial charge on any atom is -0.506 e. The zero-order chi connectivity index (χ0) is 23.3. The van der Waals surface area contributed by atoms with Crippen LogP contribution in [0.25, 0.3) is 0 Å². The summed E-state index contributed by atoms with van der Waals surface area (Å²) >= 11 is 0. The van der Waals surface area contributed by atoms with E-state index in [-0.39, 0.29) is 35.0 Å². The molecule has 0 aromatic heterocycles. The van der Waals surface area contributed by atoms with E-state index in [0.29, 0.717) is 36.7 Å². The van der Waals surface area contributed by atoms with Gasteiger partial charge in [-0.15, -0.1) is 6.58 Å². The number of benzene rings is 2. The van der Waals surface area contributed by atoms with E-state index in [1.807, 2.05) is 0 Å². The van der Waals surface area contributed by atoms with Crippen LogP contribution in [0.5, 0.6) is 17.2 Å². The van der Waals surface area contributed by atoms with Gasteiger partial charge in [-0.2, -0.15) is 4.31 Å². The predicted molar refractivity (Wildman–Crippen MR) is 119 cm³/mol. The first-order valence-corrected chi connectivity index (χ1v) is 11.3. The third-order valence-electron chi connectivity index (χ3n) is 5.01. The molecule has 3 rings (SSSR count). The fourth-order valence-electron chi connectivity index (χ4n) is 3.39. The van der Waals surface area contributed by atoms with Crippen LogP contribution in [0.15, 0.2) is 47.9 Å². The number of amides is 1. The number of aromatic hydroxyl groups is 1. The molecule has 9 nitrogen and oxygen atoms in total. The van der Waals surface area contributed by atoms with Crippen LogP contribution < -0.4 is 14.8 Å². The molecular weight excluding hydrogens is 436 g/mol. The van der Waals surface area contributed by atoms with Gasteiger partial charge in [0.15, 0.2) is 11.5 Å². The Balaban J connectivity index is 1.92. The van der Waals surface area contributed by atoms with Crippen molar-refractivity contribution in [3.63, 3.8) is 0 Å². The van der Waals surface area contributed by atoms with Crippen molar-refractivity contribution in [1.82, 2.24) is 4.31 Å². The molecule has 0 spiro atoms. The van der Waals surface area contributed by atoms with Gasteiger partial charge >= 0.3 is 0 Å². The van der Waals surface area contributed by atoms with E-state index in [1.54, 1.807) is 12.1 Å². The van der Waals surface area contributed by atoms with Crippen LogP contribution in [0.2, 0.25) is 0 Å². The minimum absolute atomic E-state index is 0.0237. The summed E-state index contributed by atoms with van der Waals surface area (Å²) in [5.74, 6) is 0.0498. The number of nitrogens with one attached hydrogen (secondary N) is 1. The van der Waals surface area contributed by atoms with Crippen molar-refractivity contribution in [3.8, 4) is 17.2 Å². The van der Waals surface area contributed by atoms with Crippen LogP contribution in [0.4, 0.5) is 5.69 Å². The van der Waals surface area contributed by atoms with Gasteiger partial charge in [-0.25, -0.2) is 8.42 Å². The summed E-state index contributed by atoms with van der Waals surface area (Å²) in [5, 5.41) is 12.8. The van der Waals surface area contributed by atoms with Crippen LogP contribution in [-0.2, 0) is 21.2 Å². The van der Waals surface area contributed by atoms with Crippen molar-refractivity contribution in [2.24, 2.45) is 0 Å². The Morgan fingerprint density at radius 2 is 1.94 bits per heavy atom. The smallest absolute Gasteiger partial charge is 0.255 e. The summed E-state index contributed by atoms with van der Waals surface area (Å²) in [7, 11) is -0.828. The Labute approximate surface area is 187 Å². The number of allylic oxidation sites excluding steroid dienone is 1. The number of morpholine rings is 1. The van der Waals surface area contributed by atoms with Gasteiger partial charge in [0.25, 0.3) is 5.91 Å². The van der Waals surface area contributed by atoms with Gasteiger partial charge in [-0.3, -0.25) is 4.79 Å². The van der Waals surface area contributed by atoms with Gasteiger partial charge in [-0.1, -0.05) is 6.08 Å². The Morgan fingerprint density at radius 3 is 2.56 bits per heavy atom. The lowest BCUT2D eigenvalue weighted by atomic mass is 10.0. The molecule has 2 aromatic rings. The number of hydrogen-bond donors (Lipinski definition) is 2. The summed E-state index contributed by atoms with van der Waals surface area (Å²) in [4.78, 5) is 12.9. The zero-order valence-electron chi connectivity index (χ0n) is 18.0. The fraction of sp³-hybridized carbons (Fsp3) is 0.318. The van der Waals surface area contributed by atoms with Crippen LogP contribution in [0.3, 0.4) is 0 Å². The highest BCUT2D eigenvalue weighted by molar-refractivity contribution is 7.89. The molecule has 172 valence electrons. The number of rotatable bonds is 8. The van der Waals surface area contributed by atoms with Crippen LogP contribution in [0, 0.1) is 0 Å². The molecule has 1 aliphatic rings. The highest BCUT2D eigenvalue weighted by Crippen LogP contribution is 2.34. The monoisotopic (exact) mass is 462 g/mol. The summed E-state index contributed by atoms with van der Waals surface area (Å²) in [6.07, 6.45) is 2.12. The Morgan fingerprint density at radius 1 is 1.22 bits per heavy atom. The molecule has 1 saturated heterocycles. The molecule has 0 unspecified atom stereocenters. The second-order valence-electron chi connectivity index (χ2n) is 7.01. The third kappa shape index (κ3) is 4.87. The summed E-state index contributed by atoms with van der Waals surface area (Å²) in [6.45, 7) is 4.82. The minimum atomic E-state index is -3.79. The molecule has 32 heavy (non-hydrogen) atoms. The average molecular weight is 463 g/mol. The number of ether oxygens (including phenoxy) is 3. The molecule has 10 heteroatoms. The zero-order valence-corrected chi connectivity index (χ0v) is 18.8. The molecular formula is C22H26N2O7S. The molecule has 2 N–H and O–H groups in total. The molecule has 0 radical (unpaired) electrons. The Hall–Kier alpha value is -3.08. The maximum Gasteiger partial charge on any atom is 0.255 e. The van der Waals surface area contributed by atoms with E-state index in [0.717, 1.165) is 0 Å². The second kappa shape index (κ2) is 10.0. The number of hydrogen-bond acceptors (Lipinski definition) is 7. The first-order chi connectivity index (χ1) is 15.3. The lowest BCUT2D eigenvalue weighted by molar-refractivity contribution is 0.0730. The van der Waals surface area contributed by atoms with E-state index in [4.69, 9.17) is 14.2 Å². The van der Waals surface area contributed by atoms with Gasteiger partial charge in [0.2, 0.25) is 10.0 Å². The number of carbonyl (C=O) groups excluding carboxylic acids is 1. The summed E-state index contributed by atoms with van der Waals surface area (Å²) in [5.41, 5.74) is 0.921.